The number of nitriles is 1. The Morgan fingerprint density at radius 1 is 1.33 bits per heavy atom. The molecule has 1 saturated carbocycles. The number of hydrogen-bond donors (Lipinski definition) is 1. The van der Waals surface area contributed by atoms with Gasteiger partial charge in [0.05, 0.1) is 16.6 Å². The molecule has 0 aromatic heterocycles. The van der Waals surface area contributed by atoms with E-state index in [1.54, 1.807) is 12.1 Å². The fraction of sp³-hybridized carbons (Fsp3) is 0.562. The van der Waals surface area contributed by atoms with Crippen LogP contribution in [0.5, 0.6) is 0 Å². The van der Waals surface area contributed by atoms with E-state index in [4.69, 9.17) is 5.26 Å². The first kappa shape index (κ1) is 15.3. The number of nitrogens with zero attached hydrogens (tertiary/aromatic N) is 2. The van der Waals surface area contributed by atoms with Crippen LogP contribution in [0.1, 0.15) is 44.6 Å². The Balaban J connectivity index is 1.97. The number of nitrogens with one attached hydrogen (secondary N) is 1. The quantitative estimate of drug-likeness (QED) is 0.653. The second kappa shape index (κ2) is 7.07. The summed E-state index contributed by atoms with van der Waals surface area (Å²) < 4.78 is 0. The molecule has 2 rings (SSSR count). The number of nitro benzene ring substituents is 1. The summed E-state index contributed by atoms with van der Waals surface area (Å²) in [5, 5.41) is 23.1. The highest BCUT2D eigenvalue weighted by Crippen LogP contribution is 2.32. The molecule has 1 aliphatic rings. The predicted molar refractivity (Wildman–Crippen MR) is 82.0 cm³/mol. The van der Waals surface area contributed by atoms with Gasteiger partial charge in [0.15, 0.2) is 0 Å². The molecule has 0 saturated heterocycles. The molecule has 0 atom stereocenters. The summed E-state index contributed by atoms with van der Waals surface area (Å²) in [5.74, 6) is 1.44. The van der Waals surface area contributed by atoms with Crippen molar-refractivity contribution in [2.24, 2.45) is 11.8 Å². The van der Waals surface area contributed by atoms with Gasteiger partial charge in [-0.1, -0.05) is 26.2 Å². The topological polar surface area (TPSA) is 79.0 Å². The first-order valence-electron chi connectivity index (χ1n) is 7.56. The molecule has 21 heavy (non-hydrogen) atoms. The molecule has 0 spiro atoms. The van der Waals surface area contributed by atoms with E-state index in [9.17, 15) is 10.1 Å². The molecule has 5 nitrogen and oxygen atoms in total. The third kappa shape index (κ3) is 3.94. The highest BCUT2D eigenvalue weighted by Gasteiger charge is 2.21. The van der Waals surface area contributed by atoms with E-state index >= 15 is 0 Å². The third-order valence-corrected chi connectivity index (χ3v) is 4.45. The molecule has 1 aliphatic carbocycles. The van der Waals surface area contributed by atoms with Crippen molar-refractivity contribution in [2.75, 3.05) is 11.9 Å². The van der Waals surface area contributed by atoms with Crippen molar-refractivity contribution in [1.29, 1.82) is 5.26 Å². The lowest BCUT2D eigenvalue weighted by atomic mass is 9.81. The van der Waals surface area contributed by atoms with E-state index in [0.29, 0.717) is 17.2 Å². The number of benzene rings is 1. The Hall–Kier alpha value is -2.09. The molecular weight excluding hydrogens is 266 g/mol. The molecule has 1 fully saturated rings. The fourth-order valence-corrected chi connectivity index (χ4v) is 3.00. The monoisotopic (exact) mass is 287 g/mol. The maximum atomic E-state index is 11.1. The summed E-state index contributed by atoms with van der Waals surface area (Å²) in [5.41, 5.74) is 0.809. The fourth-order valence-electron chi connectivity index (χ4n) is 3.00. The number of hydrogen-bond acceptors (Lipinski definition) is 4. The second-order valence-corrected chi connectivity index (χ2v) is 5.78. The highest BCUT2D eigenvalue weighted by molar-refractivity contribution is 5.64. The van der Waals surface area contributed by atoms with E-state index in [0.717, 1.165) is 12.5 Å². The van der Waals surface area contributed by atoms with E-state index in [1.165, 1.54) is 38.2 Å². The molecule has 0 unspecified atom stereocenters. The first-order chi connectivity index (χ1) is 10.1. The van der Waals surface area contributed by atoms with Gasteiger partial charge < -0.3 is 5.32 Å². The van der Waals surface area contributed by atoms with Gasteiger partial charge in [-0.05, 0) is 36.8 Å². The number of rotatable bonds is 5. The van der Waals surface area contributed by atoms with E-state index in [2.05, 4.69) is 12.2 Å². The summed E-state index contributed by atoms with van der Waals surface area (Å²) in [6, 6.07) is 6.51. The van der Waals surface area contributed by atoms with Crippen molar-refractivity contribution in [3.8, 4) is 6.07 Å². The van der Waals surface area contributed by atoms with Gasteiger partial charge in [-0.25, -0.2) is 0 Å². The summed E-state index contributed by atoms with van der Waals surface area (Å²) in [6.45, 7) is 3.01. The number of anilines is 1. The van der Waals surface area contributed by atoms with Crippen LogP contribution in [0.25, 0.3) is 0 Å². The van der Waals surface area contributed by atoms with Crippen LogP contribution in [-0.4, -0.2) is 11.5 Å². The maximum absolute atomic E-state index is 11.1. The predicted octanol–water partition coefficient (Wildman–Crippen LogP) is 4.09. The van der Waals surface area contributed by atoms with Crippen molar-refractivity contribution < 1.29 is 4.92 Å². The summed E-state index contributed by atoms with van der Waals surface area (Å²) in [7, 11) is 0. The normalized spacial score (nSPS) is 21.5. The van der Waals surface area contributed by atoms with Crippen LogP contribution in [0.3, 0.4) is 0 Å². The zero-order valence-electron chi connectivity index (χ0n) is 12.3. The van der Waals surface area contributed by atoms with Gasteiger partial charge in [0, 0.05) is 12.6 Å². The zero-order valence-corrected chi connectivity index (χ0v) is 12.3. The largest absolute Gasteiger partial charge is 0.379 e. The van der Waals surface area contributed by atoms with Crippen LogP contribution in [0, 0.1) is 33.3 Å². The average Bonchev–Trinajstić information content (AvgIpc) is 2.53. The van der Waals surface area contributed by atoms with Crippen molar-refractivity contribution in [3.05, 3.63) is 33.9 Å². The highest BCUT2D eigenvalue weighted by atomic mass is 16.6. The van der Waals surface area contributed by atoms with Crippen LogP contribution in [0.15, 0.2) is 18.2 Å². The third-order valence-electron chi connectivity index (χ3n) is 4.45. The van der Waals surface area contributed by atoms with Gasteiger partial charge in [-0.3, -0.25) is 10.1 Å². The van der Waals surface area contributed by atoms with Crippen LogP contribution in [0.4, 0.5) is 11.4 Å². The van der Waals surface area contributed by atoms with Crippen LogP contribution >= 0.6 is 0 Å². The standard InChI is InChI=1S/C16H21N3O2/c1-2-12-3-5-13(6-4-12)11-18-15-8-7-14(10-17)9-16(15)19(20)21/h7-9,12-13,18H,2-6,11H2,1H3. The maximum Gasteiger partial charge on any atom is 0.293 e. The minimum atomic E-state index is -0.433. The summed E-state index contributed by atoms with van der Waals surface area (Å²) >= 11 is 0. The first-order valence-corrected chi connectivity index (χ1v) is 7.56. The Morgan fingerprint density at radius 2 is 2.00 bits per heavy atom. The minimum Gasteiger partial charge on any atom is -0.379 e. The lowest BCUT2D eigenvalue weighted by Gasteiger charge is -2.28. The molecule has 1 aromatic carbocycles. The van der Waals surface area contributed by atoms with Gasteiger partial charge in [-0.15, -0.1) is 0 Å². The van der Waals surface area contributed by atoms with Crippen molar-refractivity contribution >= 4 is 11.4 Å². The minimum absolute atomic E-state index is 0.0173. The van der Waals surface area contributed by atoms with Crippen molar-refractivity contribution in [2.45, 2.75) is 39.0 Å². The molecular formula is C16H21N3O2. The summed E-state index contributed by atoms with van der Waals surface area (Å²) in [4.78, 5) is 10.6. The van der Waals surface area contributed by atoms with E-state index in [-0.39, 0.29) is 5.69 Å². The zero-order chi connectivity index (χ0) is 15.2. The van der Waals surface area contributed by atoms with Gasteiger partial charge in [0.2, 0.25) is 0 Å². The molecule has 0 heterocycles. The molecule has 1 aromatic rings. The SMILES string of the molecule is CCC1CCC(CNc2ccc(C#N)cc2[N+](=O)[O-])CC1. The molecule has 0 amide bonds. The van der Waals surface area contributed by atoms with Crippen LogP contribution in [0.2, 0.25) is 0 Å². The van der Waals surface area contributed by atoms with E-state index < -0.39 is 4.92 Å². The Bertz CT molecular complexity index is 543. The molecule has 0 aliphatic heterocycles. The smallest absolute Gasteiger partial charge is 0.293 e. The van der Waals surface area contributed by atoms with Crippen LogP contribution < -0.4 is 5.32 Å². The molecule has 112 valence electrons. The van der Waals surface area contributed by atoms with Gasteiger partial charge >= 0.3 is 0 Å². The van der Waals surface area contributed by atoms with Crippen molar-refractivity contribution in [3.63, 3.8) is 0 Å². The Kier molecular flexibility index (Phi) is 5.15. The molecule has 1 N–H and O–H groups in total. The Labute approximate surface area is 125 Å². The molecule has 0 bridgehead atoms. The lowest BCUT2D eigenvalue weighted by molar-refractivity contribution is -0.384. The Morgan fingerprint density at radius 3 is 2.57 bits per heavy atom. The summed E-state index contributed by atoms with van der Waals surface area (Å²) in [6.07, 6.45) is 6.16. The number of nitro groups is 1. The van der Waals surface area contributed by atoms with Crippen molar-refractivity contribution in [1.82, 2.24) is 0 Å². The lowest BCUT2D eigenvalue weighted by Crippen LogP contribution is -2.21. The average molecular weight is 287 g/mol. The van der Waals surface area contributed by atoms with Gasteiger partial charge in [-0.2, -0.15) is 5.26 Å². The second-order valence-electron chi connectivity index (χ2n) is 5.78. The van der Waals surface area contributed by atoms with Gasteiger partial charge in [0.25, 0.3) is 5.69 Å². The van der Waals surface area contributed by atoms with Crippen LogP contribution in [-0.2, 0) is 0 Å². The molecule has 5 heteroatoms. The molecule has 0 radical (unpaired) electrons. The van der Waals surface area contributed by atoms with E-state index in [1.807, 2.05) is 6.07 Å². The van der Waals surface area contributed by atoms with Gasteiger partial charge in [0.1, 0.15) is 5.69 Å².